The number of hydrogen-bond donors (Lipinski definition) is 1. The van der Waals surface area contributed by atoms with Crippen LogP contribution in [-0.2, 0) is 5.60 Å². The van der Waals surface area contributed by atoms with Crippen LogP contribution in [0.1, 0.15) is 30.9 Å². The van der Waals surface area contributed by atoms with Crippen molar-refractivity contribution in [2.24, 2.45) is 5.41 Å². The first-order chi connectivity index (χ1) is 14.5. The molecule has 2 saturated heterocycles. The highest BCUT2D eigenvalue weighted by molar-refractivity contribution is 5.52. The van der Waals surface area contributed by atoms with Crippen LogP contribution in [0.2, 0.25) is 0 Å². The number of rotatable bonds is 5. The van der Waals surface area contributed by atoms with E-state index in [2.05, 4.69) is 9.72 Å². The van der Waals surface area contributed by atoms with Crippen LogP contribution >= 0.6 is 0 Å². The minimum absolute atomic E-state index is 0.335. The molecule has 4 rings (SSSR count). The molecule has 2 aliphatic rings. The molecule has 9 heteroatoms. The molecule has 1 N–H and O–H groups in total. The summed E-state index contributed by atoms with van der Waals surface area (Å²) in [4.78, 5) is 7.85. The molecule has 168 valence electrons. The minimum atomic E-state index is -4.80. The lowest BCUT2D eigenvalue weighted by atomic mass is 9.62. The predicted molar refractivity (Wildman–Crippen MR) is 107 cm³/mol. The van der Waals surface area contributed by atoms with Crippen molar-refractivity contribution < 1.29 is 27.4 Å². The summed E-state index contributed by atoms with van der Waals surface area (Å²) in [6.07, 6.45) is -1.57. The van der Waals surface area contributed by atoms with Crippen molar-refractivity contribution in [3.05, 3.63) is 53.6 Å². The molecule has 0 saturated carbocycles. The van der Waals surface area contributed by atoms with E-state index in [-0.39, 0.29) is 5.75 Å². The van der Waals surface area contributed by atoms with Gasteiger partial charge in [0.2, 0.25) is 5.95 Å². The van der Waals surface area contributed by atoms with Crippen LogP contribution in [0, 0.1) is 11.4 Å². The van der Waals surface area contributed by atoms with Gasteiger partial charge in [-0.25, -0.2) is 4.98 Å². The van der Waals surface area contributed by atoms with Gasteiger partial charge in [-0.15, -0.1) is 13.2 Å². The van der Waals surface area contributed by atoms with E-state index in [1.54, 1.807) is 6.07 Å². The highest BCUT2D eigenvalue weighted by atomic mass is 19.4. The van der Waals surface area contributed by atoms with Crippen molar-refractivity contribution in [1.82, 2.24) is 9.88 Å². The van der Waals surface area contributed by atoms with Crippen LogP contribution in [0.15, 0.2) is 36.5 Å². The first-order valence-electron chi connectivity index (χ1n) is 10.2. The average Bonchev–Trinajstić information content (AvgIpc) is 3.20. The third-order valence-electron chi connectivity index (χ3n) is 6.30. The van der Waals surface area contributed by atoms with Crippen molar-refractivity contribution >= 4 is 5.69 Å². The number of alkyl halides is 3. The normalized spacial score (nSPS) is 20.9. The Morgan fingerprint density at radius 1 is 1.06 bits per heavy atom. The molecule has 2 aromatic rings. The van der Waals surface area contributed by atoms with Gasteiger partial charge in [0, 0.05) is 43.4 Å². The molecule has 5 nitrogen and oxygen atoms in total. The molecule has 2 aliphatic heterocycles. The zero-order valence-electron chi connectivity index (χ0n) is 17.4. The second kappa shape index (κ2) is 7.63. The van der Waals surface area contributed by atoms with E-state index >= 15 is 0 Å². The lowest BCUT2D eigenvalue weighted by Gasteiger charge is -2.55. The monoisotopic (exact) mass is 439 g/mol. The summed E-state index contributed by atoms with van der Waals surface area (Å²) in [6, 6.07) is 6.82. The number of aromatic nitrogens is 1. The third-order valence-corrected chi connectivity index (χ3v) is 6.30. The average molecular weight is 439 g/mol. The van der Waals surface area contributed by atoms with Crippen molar-refractivity contribution in [2.75, 3.05) is 38.1 Å². The Balaban J connectivity index is 1.77. The molecule has 0 spiro atoms. The summed E-state index contributed by atoms with van der Waals surface area (Å²) in [5.74, 6) is -0.970. The van der Waals surface area contributed by atoms with Crippen LogP contribution in [-0.4, -0.2) is 54.6 Å². The van der Waals surface area contributed by atoms with Crippen LogP contribution in [0.5, 0.6) is 5.75 Å². The fourth-order valence-electron chi connectivity index (χ4n) is 4.95. The van der Waals surface area contributed by atoms with Gasteiger partial charge in [-0.1, -0.05) is 19.1 Å². The maximum absolute atomic E-state index is 14.5. The number of likely N-dealkylation sites (tertiary alicyclic amines) is 1. The Labute approximate surface area is 178 Å². The quantitative estimate of drug-likeness (QED) is 0.566. The molecule has 1 atom stereocenters. The molecular weight excluding hydrogens is 414 g/mol. The van der Waals surface area contributed by atoms with E-state index < -0.39 is 23.3 Å². The fourth-order valence-corrected chi connectivity index (χ4v) is 4.95. The molecule has 2 fully saturated rings. The zero-order chi connectivity index (χ0) is 22.4. The van der Waals surface area contributed by atoms with E-state index in [1.807, 2.05) is 23.8 Å². The Bertz CT molecular complexity index is 939. The van der Waals surface area contributed by atoms with Gasteiger partial charge >= 0.3 is 6.36 Å². The second-order valence-corrected chi connectivity index (χ2v) is 8.74. The summed E-state index contributed by atoms with van der Waals surface area (Å²) in [5, 5.41) is 12.1. The van der Waals surface area contributed by atoms with E-state index in [0.717, 1.165) is 12.8 Å². The SMILES string of the molecule is CN1CC(C)(C(O)(c2ccc(OC(F)(F)F)cc2)c2cnc(F)c(N3CCCC3)c2)C1. The summed E-state index contributed by atoms with van der Waals surface area (Å²) in [6.45, 7) is 4.45. The number of nitrogens with zero attached hydrogens (tertiary/aromatic N) is 3. The first kappa shape index (κ1) is 21.8. The Kier molecular flexibility index (Phi) is 5.37. The van der Waals surface area contributed by atoms with Gasteiger partial charge in [0.1, 0.15) is 11.4 Å². The Morgan fingerprint density at radius 2 is 1.68 bits per heavy atom. The highest BCUT2D eigenvalue weighted by Gasteiger charge is 2.55. The Morgan fingerprint density at radius 3 is 2.23 bits per heavy atom. The smallest absolute Gasteiger partial charge is 0.406 e. The number of halogens is 4. The largest absolute Gasteiger partial charge is 0.573 e. The summed E-state index contributed by atoms with van der Waals surface area (Å²) in [7, 11) is 1.92. The topological polar surface area (TPSA) is 48.8 Å². The maximum atomic E-state index is 14.5. The second-order valence-electron chi connectivity index (χ2n) is 8.74. The number of pyridine rings is 1. The van der Waals surface area contributed by atoms with Gasteiger partial charge in [0.05, 0.1) is 5.69 Å². The highest BCUT2D eigenvalue weighted by Crippen LogP contribution is 2.50. The van der Waals surface area contributed by atoms with Gasteiger partial charge in [0.15, 0.2) is 0 Å². The van der Waals surface area contributed by atoms with Gasteiger partial charge in [-0.05, 0) is 43.7 Å². The number of benzene rings is 1. The molecular formula is C22H25F4N3O2. The molecule has 1 aromatic carbocycles. The molecule has 1 aromatic heterocycles. The number of aliphatic hydroxyl groups is 1. The molecule has 0 radical (unpaired) electrons. The van der Waals surface area contributed by atoms with Gasteiger partial charge in [0.25, 0.3) is 0 Å². The van der Waals surface area contributed by atoms with Crippen molar-refractivity contribution in [2.45, 2.75) is 31.7 Å². The minimum Gasteiger partial charge on any atom is -0.406 e. The van der Waals surface area contributed by atoms with Crippen molar-refractivity contribution in [1.29, 1.82) is 0 Å². The Hall–Kier alpha value is -2.39. The molecule has 3 heterocycles. The number of anilines is 1. The lowest BCUT2D eigenvalue weighted by molar-refractivity contribution is -0.274. The maximum Gasteiger partial charge on any atom is 0.573 e. The molecule has 0 bridgehead atoms. The van der Waals surface area contributed by atoms with Crippen LogP contribution in [0.3, 0.4) is 0 Å². The van der Waals surface area contributed by atoms with Gasteiger partial charge < -0.3 is 19.6 Å². The molecule has 0 amide bonds. The van der Waals surface area contributed by atoms with E-state index in [1.165, 1.54) is 30.5 Å². The standard InChI is InChI=1S/C22H25F4N3O2/c1-20(13-28(2)14-20)21(30,15-5-7-17(8-6-15)31-22(24,25)26)16-11-18(19(23)27-12-16)29-9-3-4-10-29/h5-8,11-12,30H,3-4,9-10,13-14H2,1-2H3. The van der Waals surface area contributed by atoms with Crippen LogP contribution in [0.4, 0.5) is 23.2 Å². The molecule has 0 aliphatic carbocycles. The van der Waals surface area contributed by atoms with Gasteiger partial charge in [-0.2, -0.15) is 4.39 Å². The van der Waals surface area contributed by atoms with Crippen molar-refractivity contribution in [3.8, 4) is 5.75 Å². The lowest BCUT2D eigenvalue weighted by Crippen LogP contribution is -2.63. The summed E-state index contributed by atoms with van der Waals surface area (Å²) >= 11 is 0. The van der Waals surface area contributed by atoms with E-state index in [4.69, 9.17) is 0 Å². The van der Waals surface area contributed by atoms with E-state index in [0.29, 0.717) is 43.0 Å². The fraction of sp³-hybridized carbons (Fsp3) is 0.500. The van der Waals surface area contributed by atoms with Crippen LogP contribution in [0.25, 0.3) is 0 Å². The third kappa shape index (κ3) is 3.96. The summed E-state index contributed by atoms with van der Waals surface area (Å²) < 4.78 is 56.1. The number of hydrogen-bond acceptors (Lipinski definition) is 5. The summed E-state index contributed by atoms with van der Waals surface area (Å²) in [5.41, 5.74) is -1.07. The van der Waals surface area contributed by atoms with Crippen molar-refractivity contribution in [3.63, 3.8) is 0 Å². The number of ether oxygens (including phenoxy) is 1. The predicted octanol–water partition coefficient (Wildman–Crippen LogP) is 3.91. The van der Waals surface area contributed by atoms with Crippen LogP contribution < -0.4 is 9.64 Å². The molecule has 31 heavy (non-hydrogen) atoms. The first-order valence-corrected chi connectivity index (χ1v) is 10.2. The van der Waals surface area contributed by atoms with Gasteiger partial charge in [-0.3, -0.25) is 0 Å². The molecule has 1 unspecified atom stereocenters. The zero-order valence-corrected chi connectivity index (χ0v) is 17.4. The van der Waals surface area contributed by atoms with E-state index in [9.17, 15) is 22.7 Å².